The average Bonchev–Trinajstić information content (AvgIpc) is 2.98. The number of nitrogens with two attached hydrogens (primary N) is 1. The molecule has 1 fully saturated rings. The first-order valence-corrected chi connectivity index (χ1v) is 9.21. The molecule has 1 aliphatic rings. The van der Waals surface area contributed by atoms with Crippen molar-refractivity contribution >= 4 is 10.0 Å². The Morgan fingerprint density at radius 2 is 2.00 bits per heavy atom. The Hall–Kier alpha value is -0.920. The van der Waals surface area contributed by atoms with Gasteiger partial charge in [0.2, 0.25) is 0 Å². The van der Waals surface area contributed by atoms with Crippen LogP contribution in [0.2, 0.25) is 0 Å². The van der Waals surface area contributed by atoms with Crippen LogP contribution < -0.4 is 5.73 Å². The number of rotatable bonds is 6. The van der Waals surface area contributed by atoms with Crippen LogP contribution in [-0.2, 0) is 16.4 Å². The molecule has 6 nitrogen and oxygen atoms in total. The van der Waals surface area contributed by atoms with Gasteiger partial charge in [0.1, 0.15) is 5.82 Å². The SMILES string of the molecule is CCc1ncc(S(=O)(=O)N(CC)C2(CN)CCCCC2)[nH]1. The van der Waals surface area contributed by atoms with E-state index in [0.29, 0.717) is 25.3 Å². The van der Waals surface area contributed by atoms with Crippen molar-refractivity contribution in [3.8, 4) is 0 Å². The van der Waals surface area contributed by atoms with E-state index in [9.17, 15) is 8.42 Å². The zero-order chi connectivity index (χ0) is 15.5. The lowest BCUT2D eigenvalue weighted by Crippen LogP contribution is -2.57. The van der Waals surface area contributed by atoms with E-state index in [-0.39, 0.29) is 5.03 Å². The van der Waals surface area contributed by atoms with E-state index >= 15 is 0 Å². The van der Waals surface area contributed by atoms with E-state index in [0.717, 1.165) is 32.1 Å². The zero-order valence-electron chi connectivity index (χ0n) is 12.9. The normalized spacial score (nSPS) is 19.0. The summed E-state index contributed by atoms with van der Waals surface area (Å²) in [5.41, 5.74) is 5.55. The molecular formula is C14H26N4O2S. The molecule has 0 amide bonds. The highest BCUT2D eigenvalue weighted by Gasteiger charge is 2.43. The van der Waals surface area contributed by atoms with Gasteiger partial charge in [-0.05, 0) is 12.8 Å². The van der Waals surface area contributed by atoms with Gasteiger partial charge in [0.25, 0.3) is 10.0 Å². The lowest BCUT2D eigenvalue weighted by molar-refractivity contribution is 0.140. The quantitative estimate of drug-likeness (QED) is 0.835. The molecule has 1 aliphatic carbocycles. The topological polar surface area (TPSA) is 92.1 Å². The molecule has 0 aliphatic heterocycles. The Kier molecular flexibility index (Phi) is 5.06. The number of nitrogens with one attached hydrogen (secondary N) is 1. The maximum atomic E-state index is 13.0. The number of imidazole rings is 1. The Balaban J connectivity index is 2.38. The third kappa shape index (κ3) is 3.00. The van der Waals surface area contributed by atoms with Crippen LogP contribution in [0.1, 0.15) is 51.8 Å². The summed E-state index contributed by atoms with van der Waals surface area (Å²) in [7, 11) is -3.58. The van der Waals surface area contributed by atoms with Crippen molar-refractivity contribution in [3.63, 3.8) is 0 Å². The minimum absolute atomic E-state index is 0.180. The number of nitrogens with zero attached hydrogens (tertiary/aromatic N) is 2. The lowest BCUT2D eigenvalue weighted by atomic mass is 9.81. The third-order valence-electron chi connectivity index (χ3n) is 4.49. The van der Waals surface area contributed by atoms with E-state index in [4.69, 9.17) is 5.73 Å². The van der Waals surface area contributed by atoms with Crippen molar-refractivity contribution in [1.82, 2.24) is 14.3 Å². The highest BCUT2D eigenvalue weighted by atomic mass is 32.2. The molecule has 0 bridgehead atoms. The van der Waals surface area contributed by atoms with Gasteiger partial charge >= 0.3 is 0 Å². The first-order valence-electron chi connectivity index (χ1n) is 7.77. The second-order valence-corrected chi connectivity index (χ2v) is 7.54. The molecule has 2 rings (SSSR count). The lowest BCUT2D eigenvalue weighted by Gasteiger charge is -2.44. The fourth-order valence-corrected chi connectivity index (χ4v) is 5.08. The molecular weight excluding hydrogens is 288 g/mol. The second kappa shape index (κ2) is 6.46. The van der Waals surface area contributed by atoms with E-state index in [1.165, 1.54) is 6.20 Å². The molecule has 1 heterocycles. The van der Waals surface area contributed by atoms with E-state index < -0.39 is 15.6 Å². The minimum atomic E-state index is -3.58. The predicted octanol–water partition coefficient (Wildman–Crippen LogP) is 1.64. The van der Waals surface area contributed by atoms with Gasteiger partial charge in [0.15, 0.2) is 5.03 Å². The molecule has 1 aromatic rings. The number of hydrogen-bond donors (Lipinski definition) is 2. The highest BCUT2D eigenvalue weighted by Crippen LogP contribution is 2.36. The van der Waals surface area contributed by atoms with Gasteiger partial charge < -0.3 is 10.7 Å². The van der Waals surface area contributed by atoms with Gasteiger partial charge in [-0.25, -0.2) is 13.4 Å². The van der Waals surface area contributed by atoms with Crippen LogP contribution in [0.3, 0.4) is 0 Å². The summed E-state index contributed by atoms with van der Waals surface area (Å²) in [6.45, 7) is 4.62. The standard InChI is InChI=1S/C14H26N4O2S/c1-3-12-16-10-13(17-12)21(19,20)18(4-2)14(11-15)8-6-5-7-9-14/h10H,3-9,11,15H2,1-2H3,(H,16,17). The van der Waals surface area contributed by atoms with E-state index in [2.05, 4.69) is 9.97 Å². The summed E-state index contributed by atoms with van der Waals surface area (Å²) in [6, 6.07) is 0. The second-order valence-electron chi connectivity index (χ2n) is 5.71. The summed E-state index contributed by atoms with van der Waals surface area (Å²) >= 11 is 0. The van der Waals surface area contributed by atoms with E-state index in [1.54, 1.807) is 4.31 Å². The summed E-state index contributed by atoms with van der Waals surface area (Å²) in [5.74, 6) is 0.690. The molecule has 0 atom stereocenters. The Bertz CT molecular complexity index is 561. The minimum Gasteiger partial charge on any atom is -0.332 e. The summed E-state index contributed by atoms with van der Waals surface area (Å²) in [5, 5.41) is 0.180. The van der Waals surface area contributed by atoms with Gasteiger partial charge in [-0.3, -0.25) is 0 Å². The molecule has 0 unspecified atom stereocenters. The van der Waals surface area contributed by atoms with E-state index in [1.807, 2.05) is 13.8 Å². The summed E-state index contributed by atoms with van der Waals surface area (Å²) < 4.78 is 27.5. The first kappa shape index (κ1) is 16.5. The smallest absolute Gasteiger partial charge is 0.260 e. The summed E-state index contributed by atoms with van der Waals surface area (Å²) in [4.78, 5) is 7.04. The number of sulfonamides is 1. The van der Waals surface area contributed by atoms with Crippen LogP contribution >= 0.6 is 0 Å². The van der Waals surface area contributed by atoms with Crippen molar-refractivity contribution in [2.45, 2.75) is 62.9 Å². The Morgan fingerprint density at radius 3 is 2.48 bits per heavy atom. The molecule has 1 aromatic heterocycles. The van der Waals surface area contributed by atoms with Gasteiger partial charge in [0.05, 0.1) is 6.20 Å². The summed E-state index contributed by atoms with van der Waals surface area (Å²) in [6.07, 6.45) is 7.01. The van der Waals surface area contributed by atoms with Crippen LogP contribution in [0, 0.1) is 0 Å². The molecule has 120 valence electrons. The fourth-order valence-electron chi connectivity index (χ4n) is 3.30. The van der Waals surface area contributed by atoms with Crippen LogP contribution in [-0.4, -0.2) is 41.3 Å². The molecule has 0 aromatic carbocycles. The fraction of sp³-hybridized carbons (Fsp3) is 0.786. The predicted molar refractivity (Wildman–Crippen MR) is 82.4 cm³/mol. The van der Waals surface area contributed by atoms with Crippen LogP contribution in [0.25, 0.3) is 0 Å². The first-order chi connectivity index (χ1) is 10.00. The molecule has 3 N–H and O–H groups in total. The van der Waals surface area contributed by atoms with Gasteiger partial charge in [-0.2, -0.15) is 4.31 Å². The molecule has 21 heavy (non-hydrogen) atoms. The molecule has 7 heteroatoms. The number of H-pyrrole nitrogens is 1. The van der Waals surface area contributed by atoms with Crippen molar-refractivity contribution in [3.05, 3.63) is 12.0 Å². The maximum Gasteiger partial charge on any atom is 0.260 e. The van der Waals surface area contributed by atoms with Gasteiger partial charge in [-0.1, -0.05) is 33.1 Å². The molecule has 0 saturated heterocycles. The molecule has 0 spiro atoms. The average molecular weight is 314 g/mol. The molecule has 1 saturated carbocycles. The molecule has 0 radical (unpaired) electrons. The van der Waals surface area contributed by atoms with Gasteiger partial charge in [0, 0.05) is 25.0 Å². The van der Waals surface area contributed by atoms with Crippen LogP contribution in [0.4, 0.5) is 0 Å². The highest BCUT2D eigenvalue weighted by molar-refractivity contribution is 7.89. The Labute approximate surface area is 127 Å². The van der Waals surface area contributed by atoms with Crippen LogP contribution in [0.15, 0.2) is 11.2 Å². The zero-order valence-corrected chi connectivity index (χ0v) is 13.7. The number of hydrogen-bond acceptors (Lipinski definition) is 4. The van der Waals surface area contributed by atoms with Crippen molar-refractivity contribution in [1.29, 1.82) is 0 Å². The number of aromatic nitrogens is 2. The maximum absolute atomic E-state index is 13.0. The van der Waals surface area contributed by atoms with Crippen molar-refractivity contribution < 1.29 is 8.42 Å². The monoisotopic (exact) mass is 314 g/mol. The largest absolute Gasteiger partial charge is 0.332 e. The number of aromatic amines is 1. The van der Waals surface area contributed by atoms with Crippen molar-refractivity contribution in [2.75, 3.05) is 13.1 Å². The van der Waals surface area contributed by atoms with Crippen molar-refractivity contribution in [2.24, 2.45) is 5.73 Å². The Morgan fingerprint density at radius 1 is 1.33 bits per heavy atom. The number of likely N-dealkylation sites (N-methyl/N-ethyl adjacent to an activating group) is 1. The third-order valence-corrected chi connectivity index (χ3v) is 6.48. The van der Waals surface area contributed by atoms with Gasteiger partial charge in [-0.15, -0.1) is 0 Å². The van der Waals surface area contributed by atoms with Crippen LogP contribution in [0.5, 0.6) is 0 Å². The number of aryl methyl sites for hydroxylation is 1.